The molecule has 0 spiro atoms. The maximum Gasteiger partial charge on any atom is 0.315 e. The van der Waals surface area contributed by atoms with E-state index in [4.69, 9.17) is 4.74 Å². The van der Waals surface area contributed by atoms with Gasteiger partial charge >= 0.3 is 6.03 Å². The number of nitrogens with one attached hydrogen (secondary N) is 2. The van der Waals surface area contributed by atoms with Crippen molar-refractivity contribution in [1.29, 1.82) is 0 Å². The molecule has 1 aliphatic carbocycles. The third-order valence-electron chi connectivity index (χ3n) is 4.71. The minimum Gasteiger partial charge on any atom is -0.388 e. The van der Waals surface area contributed by atoms with Crippen LogP contribution in [0.25, 0.3) is 0 Å². The zero-order valence-corrected chi connectivity index (χ0v) is 14.5. The summed E-state index contributed by atoms with van der Waals surface area (Å²) >= 11 is 0. The highest BCUT2D eigenvalue weighted by Crippen LogP contribution is 2.21. The summed E-state index contributed by atoms with van der Waals surface area (Å²) in [4.78, 5) is 12.1. The number of carbonyl (C=O) groups is 1. The van der Waals surface area contributed by atoms with Crippen LogP contribution in [0.2, 0.25) is 0 Å². The molecule has 0 aromatic carbocycles. The van der Waals surface area contributed by atoms with Gasteiger partial charge in [0.15, 0.2) is 0 Å². The predicted octanol–water partition coefficient (Wildman–Crippen LogP) is 0.556. The van der Waals surface area contributed by atoms with E-state index < -0.39 is 12.1 Å². The van der Waals surface area contributed by atoms with Crippen molar-refractivity contribution in [2.75, 3.05) is 6.61 Å². The smallest absolute Gasteiger partial charge is 0.315 e. The Balaban J connectivity index is 1.59. The first-order valence-corrected chi connectivity index (χ1v) is 8.60. The van der Waals surface area contributed by atoms with Crippen molar-refractivity contribution in [2.24, 2.45) is 0 Å². The van der Waals surface area contributed by atoms with Gasteiger partial charge in [0.2, 0.25) is 0 Å². The molecular weight excluding hydrogens is 310 g/mol. The van der Waals surface area contributed by atoms with E-state index in [1.807, 2.05) is 6.20 Å². The van der Waals surface area contributed by atoms with E-state index in [1.165, 1.54) is 0 Å². The Labute approximate surface area is 141 Å². The van der Waals surface area contributed by atoms with Crippen molar-refractivity contribution >= 4 is 6.03 Å². The van der Waals surface area contributed by atoms with E-state index in [1.54, 1.807) is 4.68 Å². The first-order chi connectivity index (χ1) is 11.3. The van der Waals surface area contributed by atoms with Crippen LogP contribution in [0.15, 0.2) is 6.20 Å². The molecule has 8 nitrogen and oxygen atoms in total. The highest BCUT2D eigenvalue weighted by molar-refractivity contribution is 5.74. The molecule has 3 atom stereocenters. The van der Waals surface area contributed by atoms with E-state index in [-0.39, 0.29) is 30.2 Å². The normalized spacial score (nSPS) is 27.8. The summed E-state index contributed by atoms with van der Waals surface area (Å²) in [6.07, 6.45) is 4.05. The van der Waals surface area contributed by atoms with Gasteiger partial charge in [0, 0.05) is 17.7 Å². The fraction of sp³-hybridized carbons (Fsp3) is 0.812. The second-order valence-corrected chi connectivity index (χ2v) is 7.79. The molecule has 3 rings (SSSR count). The van der Waals surface area contributed by atoms with Gasteiger partial charge in [-0.3, -0.25) is 0 Å². The average Bonchev–Trinajstić information content (AvgIpc) is 3.05. The van der Waals surface area contributed by atoms with Gasteiger partial charge in [0.1, 0.15) is 12.2 Å². The molecule has 1 saturated heterocycles. The molecule has 2 heterocycles. The third kappa shape index (κ3) is 3.87. The lowest BCUT2D eigenvalue weighted by Gasteiger charge is -2.28. The van der Waals surface area contributed by atoms with Crippen LogP contribution < -0.4 is 10.6 Å². The lowest BCUT2D eigenvalue weighted by molar-refractivity contribution is 0.0746. The zero-order valence-electron chi connectivity index (χ0n) is 14.5. The number of rotatable bonds is 4. The summed E-state index contributed by atoms with van der Waals surface area (Å²) in [5.41, 5.74) is 0.822. The van der Waals surface area contributed by atoms with Gasteiger partial charge in [-0.2, -0.15) is 0 Å². The van der Waals surface area contributed by atoms with Gasteiger partial charge in [0.05, 0.1) is 24.9 Å². The summed E-state index contributed by atoms with van der Waals surface area (Å²) in [5, 5.41) is 24.2. The van der Waals surface area contributed by atoms with Crippen molar-refractivity contribution in [3.05, 3.63) is 11.9 Å². The number of nitrogens with zero attached hydrogens (tertiary/aromatic N) is 3. The first kappa shape index (κ1) is 17.2. The SMILES string of the molecule is CC(C)(C)c1cn(C[C@H]2OC[C@H](O)[C@H]2NC(=O)NC2CCC2)nn1. The monoisotopic (exact) mass is 337 g/mol. The number of aromatic nitrogens is 3. The molecule has 134 valence electrons. The highest BCUT2D eigenvalue weighted by atomic mass is 16.5. The van der Waals surface area contributed by atoms with Gasteiger partial charge in [-0.05, 0) is 19.3 Å². The molecule has 2 amide bonds. The maximum atomic E-state index is 12.1. The third-order valence-corrected chi connectivity index (χ3v) is 4.71. The average molecular weight is 337 g/mol. The van der Waals surface area contributed by atoms with Crippen LogP contribution in [0.5, 0.6) is 0 Å². The van der Waals surface area contributed by atoms with Crippen LogP contribution in [0.3, 0.4) is 0 Å². The summed E-state index contributed by atoms with van der Waals surface area (Å²) < 4.78 is 7.35. The first-order valence-electron chi connectivity index (χ1n) is 8.60. The van der Waals surface area contributed by atoms with E-state index in [9.17, 15) is 9.90 Å². The van der Waals surface area contributed by atoms with Crippen molar-refractivity contribution in [3.8, 4) is 0 Å². The van der Waals surface area contributed by atoms with Crippen molar-refractivity contribution in [1.82, 2.24) is 25.6 Å². The number of carbonyl (C=O) groups excluding carboxylic acids is 1. The second-order valence-electron chi connectivity index (χ2n) is 7.79. The molecule has 0 unspecified atom stereocenters. The molecule has 1 aliphatic heterocycles. The van der Waals surface area contributed by atoms with E-state index in [0.717, 1.165) is 25.0 Å². The maximum absolute atomic E-state index is 12.1. The van der Waals surface area contributed by atoms with E-state index in [0.29, 0.717) is 6.54 Å². The molecule has 8 heteroatoms. The number of hydrogen-bond donors (Lipinski definition) is 3. The molecule has 3 N–H and O–H groups in total. The molecule has 0 radical (unpaired) electrons. The summed E-state index contributed by atoms with van der Waals surface area (Å²) in [6, 6.07) is -0.437. The van der Waals surface area contributed by atoms with Gasteiger partial charge in [-0.15, -0.1) is 5.10 Å². The fourth-order valence-corrected chi connectivity index (χ4v) is 2.88. The number of aliphatic hydroxyl groups excluding tert-OH is 1. The van der Waals surface area contributed by atoms with Gasteiger partial charge in [0.25, 0.3) is 0 Å². The van der Waals surface area contributed by atoms with Gasteiger partial charge < -0.3 is 20.5 Å². The highest BCUT2D eigenvalue weighted by Gasteiger charge is 2.38. The fourth-order valence-electron chi connectivity index (χ4n) is 2.88. The number of aliphatic hydroxyl groups is 1. The van der Waals surface area contributed by atoms with E-state index in [2.05, 4.69) is 41.7 Å². The van der Waals surface area contributed by atoms with Crippen molar-refractivity contribution < 1.29 is 14.6 Å². The molecule has 2 aliphatic rings. The van der Waals surface area contributed by atoms with Crippen molar-refractivity contribution in [2.45, 2.75) is 76.3 Å². The Morgan fingerprint density at radius 2 is 2.17 bits per heavy atom. The lowest BCUT2D eigenvalue weighted by atomic mass is 9.93. The standard InChI is InChI=1S/C16H27N5O3/c1-16(2,3)13-8-21(20-19-13)7-12-14(11(22)9-24-12)18-15(23)17-10-5-4-6-10/h8,10-12,14,22H,4-7,9H2,1-3H3,(H2,17,18,23)/t11-,12+,14+/m0/s1. The number of urea groups is 1. The number of ether oxygens (including phenoxy) is 1. The van der Waals surface area contributed by atoms with Crippen LogP contribution in [0.4, 0.5) is 4.79 Å². The Bertz CT molecular complexity index is 579. The Morgan fingerprint density at radius 1 is 1.42 bits per heavy atom. The number of amides is 2. The minimum absolute atomic E-state index is 0.0748. The topological polar surface area (TPSA) is 101 Å². The van der Waals surface area contributed by atoms with E-state index >= 15 is 0 Å². The lowest BCUT2D eigenvalue weighted by Crippen LogP contribution is -2.54. The largest absolute Gasteiger partial charge is 0.388 e. The molecule has 1 aromatic rings. The second kappa shape index (κ2) is 6.68. The molecule has 2 fully saturated rings. The van der Waals surface area contributed by atoms with Gasteiger partial charge in [-0.1, -0.05) is 26.0 Å². The van der Waals surface area contributed by atoms with Crippen LogP contribution >= 0.6 is 0 Å². The molecule has 1 saturated carbocycles. The van der Waals surface area contributed by atoms with Crippen molar-refractivity contribution in [3.63, 3.8) is 0 Å². The Kier molecular flexibility index (Phi) is 4.78. The molecule has 24 heavy (non-hydrogen) atoms. The van der Waals surface area contributed by atoms with Crippen LogP contribution in [0.1, 0.15) is 45.7 Å². The number of hydrogen-bond acceptors (Lipinski definition) is 5. The van der Waals surface area contributed by atoms with Crippen LogP contribution in [-0.2, 0) is 16.7 Å². The molecule has 0 bridgehead atoms. The Hall–Kier alpha value is -1.67. The molecular formula is C16H27N5O3. The minimum atomic E-state index is -0.715. The quantitative estimate of drug-likeness (QED) is 0.745. The predicted molar refractivity (Wildman–Crippen MR) is 87.6 cm³/mol. The van der Waals surface area contributed by atoms with Crippen LogP contribution in [-0.4, -0.2) is 57.0 Å². The molecule has 1 aromatic heterocycles. The summed E-state index contributed by atoms with van der Waals surface area (Å²) in [5.74, 6) is 0. The van der Waals surface area contributed by atoms with Gasteiger partial charge in [-0.25, -0.2) is 9.48 Å². The summed E-state index contributed by atoms with van der Waals surface area (Å²) in [7, 11) is 0. The van der Waals surface area contributed by atoms with Crippen LogP contribution in [0, 0.1) is 0 Å². The summed E-state index contributed by atoms with van der Waals surface area (Å²) in [6.45, 7) is 6.87. The zero-order chi connectivity index (χ0) is 17.3. The Morgan fingerprint density at radius 3 is 2.75 bits per heavy atom.